The van der Waals surface area contributed by atoms with Crippen LogP contribution in [0.4, 0.5) is 0 Å². The highest BCUT2D eigenvalue weighted by molar-refractivity contribution is 9.10. The topological polar surface area (TPSA) is 25.8 Å². The molecule has 3 heteroatoms. The van der Waals surface area contributed by atoms with Crippen LogP contribution in [0.3, 0.4) is 0 Å². The molecule has 0 fully saturated rings. The van der Waals surface area contributed by atoms with E-state index in [1.807, 2.05) is 30.3 Å². The van der Waals surface area contributed by atoms with Gasteiger partial charge in [0.1, 0.15) is 0 Å². The van der Waals surface area contributed by atoms with Crippen molar-refractivity contribution < 1.29 is 0 Å². The molecule has 0 amide bonds. The largest absolute Gasteiger partial charge is 0.228 e. The van der Waals surface area contributed by atoms with Gasteiger partial charge in [-0.05, 0) is 46.5 Å². The van der Waals surface area contributed by atoms with Crippen molar-refractivity contribution >= 4 is 15.9 Å². The van der Waals surface area contributed by atoms with E-state index in [4.69, 9.17) is 9.97 Å². The molecular weight excluding hydrogens is 516 g/mol. The summed E-state index contributed by atoms with van der Waals surface area (Å²) in [4.78, 5) is 9.97. The smallest absolute Gasteiger partial charge is 0.160 e. The van der Waals surface area contributed by atoms with Crippen LogP contribution in [0, 0.1) is 0 Å². The number of benzene rings is 5. The molecule has 0 saturated heterocycles. The Balaban J connectivity index is 1.44. The van der Waals surface area contributed by atoms with E-state index in [9.17, 15) is 0 Å². The maximum absolute atomic E-state index is 4.99. The Kier molecular flexibility index (Phi) is 6.45. The Morgan fingerprint density at radius 1 is 0.351 bits per heavy atom. The first-order valence-electron chi connectivity index (χ1n) is 12.2. The first-order valence-corrected chi connectivity index (χ1v) is 13.0. The zero-order valence-electron chi connectivity index (χ0n) is 20.1. The average Bonchev–Trinajstić information content (AvgIpc) is 2.98. The van der Waals surface area contributed by atoms with Crippen LogP contribution in [0.5, 0.6) is 0 Å². The molecule has 0 aliphatic carbocycles. The second-order valence-electron chi connectivity index (χ2n) is 8.86. The average molecular weight is 539 g/mol. The van der Waals surface area contributed by atoms with Gasteiger partial charge in [-0.1, -0.05) is 131 Å². The Morgan fingerprint density at radius 3 is 1.51 bits per heavy atom. The van der Waals surface area contributed by atoms with Crippen LogP contribution in [-0.4, -0.2) is 9.97 Å². The van der Waals surface area contributed by atoms with E-state index >= 15 is 0 Å². The third kappa shape index (κ3) is 5.13. The van der Waals surface area contributed by atoms with Gasteiger partial charge >= 0.3 is 0 Å². The molecule has 2 nitrogen and oxygen atoms in total. The molecular formula is C34H23BrN2. The lowest BCUT2D eigenvalue weighted by molar-refractivity contribution is 1.18. The van der Waals surface area contributed by atoms with Crippen LogP contribution in [0.25, 0.3) is 56.2 Å². The van der Waals surface area contributed by atoms with E-state index in [1.54, 1.807) is 0 Å². The highest BCUT2D eigenvalue weighted by Crippen LogP contribution is 2.31. The van der Waals surface area contributed by atoms with Crippen molar-refractivity contribution in [2.45, 2.75) is 0 Å². The molecule has 0 aliphatic heterocycles. The maximum atomic E-state index is 4.99. The second kappa shape index (κ2) is 10.3. The summed E-state index contributed by atoms with van der Waals surface area (Å²) in [7, 11) is 0. The van der Waals surface area contributed by atoms with E-state index in [1.165, 1.54) is 11.1 Å². The molecule has 0 radical (unpaired) electrons. The predicted octanol–water partition coefficient (Wildman–Crippen LogP) is 9.57. The molecule has 0 aliphatic rings. The lowest BCUT2D eigenvalue weighted by atomic mass is 9.99. The van der Waals surface area contributed by atoms with E-state index in [-0.39, 0.29) is 0 Å². The lowest BCUT2D eigenvalue weighted by Crippen LogP contribution is -1.96. The number of hydrogen-bond donors (Lipinski definition) is 0. The fourth-order valence-corrected chi connectivity index (χ4v) is 4.85. The van der Waals surface area contributed by atoms with E-state index in [0.29, 0.717) is 5.82 Å². The highest BCUT2D eigenvalue weighted by atomic mass is 79.9. The third-order valence-corrected chi connectivity index (χ3v) is 6.86. The summed E-state index contributed by atoms with van der Waals surface area (Å²) in [5, 5.41) is 0. The molecule has 0 saturated carbocycles. The van der Waals surface area contributed by atoms with E-state index in [2.05, 4.69) is 125 Å². The summed E-state index contributed by atoms with van der Waals surface area (Å²) < 4.78 is 1.07. The minimum absolute atomic E-state index is 0.717. The van der Waals surface area contributed by atoms with Crippen molar-refractivity contribution in [2.24, 2.45) is 0 Å². The molecule has 37 heavy (non-hydrogen) atoms. The minimum Gasteiger partial charge on any atom is -0.228 e. The van der Waals surface area contributed by atoms with Gasteiger partial charge in [-0.15, -0.1) is 0 Å². The molecule has 0 N–H and O–H groups in total. The standard InChI is InChI=1S/C34H23BrN2/c35-31-16-8-14-29(22-31)25-17-19-26(20-18-25)32-23-33(37-34(36-32)27-11-5-2-6-12-27)30-15-7-13-28(21-30)24-9-3-1-4-10-24/h1-23H. The van der Waals surface area contributed by atoms with Gasteiger partial charge in [-0.25, -0.2) is 9.97 Å². The van der Waals surface area contributed by atoms with Gasteiger partial charge in [0, 0.05) is 21.2 Å². The second-order valence-corrected chi connectivity index (χ2v) is 9.78. The SMILES string of the molecule is Brc1cccc(-c2ccc(-c3cc(-c4cccc(-c5ccccc5)c4)nc(-c4ccccc4)n3)cc2)c1. The van der Waals surface area contributed by atoms with Crippen molar-refractivity contribution in [3.05, 3.63) is 144 Å². The van der Waals surface area contributed by atoms with Crippen LogP contribution in [-0.2, 0) is 0 Å². The number of halogens is 1. The summed E-state index contributed by atoms with van der Waals surface area (Å²) >= 11 is 3.57. The van der Waals surface area contributed by atoms with Gasteiger partial charge in [-0.2, -0.15) is 0 Å². The number of rotatable bonds is 5. The van der Waals surface area contributed by atoms with Gasteiger partial charge in [0.2, 0.25) is 0 Å². The van der Waals surface area contributed by atoms with Crippen LogP contribution in [0.1, 0.15) is 0 Å². The molecule has 6 rings (SSSR count). The Morgan fingerprint density at radius 2 is 0.838 bits per heavy atom. The Labute approximate surface area is 225 Å². The van der Waals surface area contributed by atoms with E-state index in [0.717, 1.165) is 43.7 Å². The molecule has 1 heterocycles. The quantitative estimate of drug-likeness (QED) is 0.218. The molecule has 0 atom stereocenters. The fourth-order valence-electron chi connectivity index (χ4n) is 4.45. The highest BCUT2D eigenvalue weighted by Gasteiger charge is 2.12. The van der Waals surface area contributed by atoms with Crippen molar-refractivity contribution in [1.29, 1.82) is 0 Å². The lowest BCUT2D eigenvalue weighted by Gasteiger charge is -2.11. The van der Waals surface area contributed by atoms with Crippen LogP contribution in [0.2, 0.25) is 0 Å². The Hall–Kier alpha value is -4.34. The normalized spacial score (nSPS) is 10.8. The van der Waals surface area contributed by atoms with Gasteiger partial charge in [-0.3, -0.25) is 0 Å². The van der Waals surface area contributed by atoms with Crippen molar-refractivity contribution in [3.8, 4) is 56.2 Å². The number of nitrogens with zero attached hydrogens (tertiary/aromatic N) is 2. The van der Waals surface area contributed by atoms with Crippen molar-refractivity contribution in [1.82, 2.24) is 9.97 Å². The van der Waals surface area contributed by atoms with Crippen molar-refractivity contribution in [3.63, 3.8) is 0 Å². The third-order valence-electron chi connectivity index (χ3n) is 6.36. The Bertz CT molecular complexity index is 1660. The van der Waals surface area contributed by atoms with Gasteiger partial charge in [0.25, 0.3) is 0 Å². The van der Waals surface area contributed by atoms with Crippen LogP contribution < -0.4 is 0 Å². The fraction of sp³-hybridized carbons (Fsp3) is 0. The minimum atomic E-state index is 0.717. The molecule has 176 valence electrons. The summed E-state index contributed by atoms with van der Waals surface area (Å²) in [6, 6.07) is 48.2. The van der Waals surface area contributed by atoms with Gasteiger partial charge in [0.15, 0.2) is 5.82 Å². The molecule has 6 aromatic rings. The summed E-state index contributed by atoms with van der Waals surface area (Å²) in [5.41, 5.74) is 9.60. The molecule has 1 aromatic heterocycles. The molecule has 0 unspecified atom stereocenters. The summed E-state index contributed by atoms with van der Waals surface area (Å²) in [6.07, 6.45) is 0. The molecule has 5 aromatic carbocycles. The number of aromatic nitrogens is 2. The van der Waals surface area contributed by atoms with Crippen LogP contribution >= 0.6 is 15.9 Å². The zero-order chi connectivity index (χ0) is 25.0. The maximum Gasteiger partial charge on any atom is 0.160 e. The zero-order valence-corrected chi connectivity index (χ0v) is 21.6. The first-order chi connectivity index (χ1) is 18.2. The summed E-state index contributed by atoms with van der Waals surface area (Å²) in [5.74, 6) is 0.717. The monoisotopic (exact) mass is 538 g/mol. The first kappa shape index (κ1) is 23.1. The van der Waals surface area contributed by atoms with Crippen LogP contribution in [0.15, 0.2) is 144 Å². The van der Waals surface area contributed by atoms with Gasteiger partial charge in [0.05, 0.1) is 11.4 Å². The summed E-state index contributed by atoms with van der Waals surface area (Å²) in [6.45, 7) is 0. The number of hydrogen-bond acceptors (Lipinski definition) is 2. The van der Waals surface area contributed by atoms with Gasteiger partial charge < -0.3 is 0 Å². The van der Waals surface area contributed by atoms with Crippen molar-refractivity contribution in [2.75, 3.05) is 0 Å². The predicted molar refractivity (Wildman–Crippen MR) is 157 cm³/mol. The molecule has 0 spiro atoms. The van der Waals surface area contributed by atoms with E-state index < -0.39 is 0 Å². The molecule has 0 bridgehead atoms.